The second-order valence-electron chi connectivity index (χ2n) is 8.41. The summed E-state index contributed by atoms with van der Waals surface area (Å²) in [6, 6.07) is 8.30. The number of nitrogens with zero attached hydrogens (tertiary/aromatic N) is 3. The molecule has 0 saturated carbocycles. The van der Waals surface area contributed by atoms with Gasteiger partial charge in [-0.3, -0.25) is 4.18 Å². The Balaban J connectivity index is 1.54. The molecule has 3 aromatic rings. The number of pyridine rings is 1. The minimum Gasteiger partial charge on any atom is -0.396 e. The molecule has 1 saturated heterocycles. The molecule has 10 nitrogen and oxygen atoms in total. The maximum Gasteiger partial charge on any atom is 0.269 e. The van der Waals surface area contributed by atoms with E-state index in [2.05, 4.69) is 10.4 Å². The zero-order valence-corrected chi connectivity index (χ0v) is 20.8. The molecule has 34 heavy (non-hydrogen) atoms. The fourth-order valence-corrected chi connectivity index (χ4v) is 6.45. The summed E-state index contributed by atoms with van der Waals surface area (Å²) in [7, 11) is -7.34. The van der Waals surface area contributed by atoms with E-state index in [0.717, 1.165) is 9.54 Å². The molecular weight excluding hydrogens is 478 g/mol. The first-order chi connectivity index (χ1) is 16.1. The van der Waals surface area contributed by atoms with Crippen LogP contribution in [0.15, 0.2) is 47.6 Å². The molecule has 0 aliphatic carbocycles. The number of nitrogen functional groups attached to an aromatic ring is 1. The van der Waals surface area contributed by atoms with E-state index < -0.39 is 20.1 Å². The lowest BCUT2D eigenvalue weighted by Crippen LogP contribution is -2.41. The maximum absolute atomic E-state index is 13.2. The van der Waals surface area contributed by atoms with Crippen LogP contribution in [0.1, 0.15) is 31.7 Å². The fraction of sp³-hybridized carbons (Fsp3) is 0.409. The number of benzene rings is 1. The molecule has 12 heteroatoms. The van der Waals surface area contributed by atoms with Crippen molar-refractivity contribution in [3.8, 4) is 0 Å². The quantitative estimate of drug-likeness (QED) is 0.441. The SMILES string of the molecule is CCCS(=O)(=O)OC1CCN(Nc2c(N)cnc3c2ccn3S(=O)(=O)c2ccc(C)cc2)CC1. The Bertz CT molecular complexity index is 1380. The van der Waals surface area contributed by atoms with E-state index in [-0.39, 0.29) is 22.4 Å². The molecule has 3 N–H and O–H groups in total. The summed E-state index contributed by atoms with van der Waals surface area (Å²) in [5.74, 6) is 0.0134. The number of hydrazine groups is 1. The van der Waals surface area contributed by atoms with Crippen LogP contribution in [0.5, 0.6) is 0 Å². The maximum atomic E-state index is 13.2. The van der Waals surface area contributed by atoms with Crippen LogP contribution in [0.4, 0.5) is 11.4 Å². The van der Waals surface area contributed by atoms with Crippen LogP contribution >= 0.6 is 0 Å². The monoisotopic (exact) mass is 507 g/mol. The van der Waals surface area contributed by atoms with E-state index in [1.165, 1.54) is 12.4 Å². The third-order valence-corrected chi connectivity index (χ3v) is 8.89. The normalized spacial score (nSPS) is 16.2. The number of hydrogen-bond acceptors (Lipinski definition) is 9. The summed E-state index contributed by atoms with van der Waals surface area (Å²) in [4.78, 5) is 4.46. The Morgan fingerprint density at radius 2 is 1.79 bits per heavy atom. The molecular formula is C22H29N5O5S2. The number of aryl methyl sites for hydroxylation is 1. The number of fused-ring (bicyclic) bond motifs is 1. The molecule has 2 aromatic heterocycles. The van der Waals surface area contributed by atoms with Crippen molar-refractivity contribution in [3.63, 3.8) is 0 Å². The van der Waals surface area contributed by atoms with E-state index in [4.69, 9.17) is 9.92 Å². The van der Waals surface area contributed by atoms with Crippen LogP contribution in [0.2, 0.25) is 0 Å². The molecule has 3 heterocycles. The molecule has 184 valence electrons. The topological polar surface area (TPSA) is 137 Å². The van der Waals surface area contributed by atoms with Crippen molar-refractivity contribution in [1.82, 2.24) is 14.0 Å². The van der Waals surface area contributed by atoms with E-state index in [0.29, 0.717) is 49.1 Å². The molecule has 1 aliphatic heterocycles. The highest BCUT2D eigenvalue weighted by molar-refractivity contribution is 7.90. The molecule has 0 amide bonds. The van der Waals surface area contributed by atoms with Crippen LogP contribution in [-0.2, 0) is 24.3 Å². The standard InChI is InChI=1S/C22H29N5O5S2/c1-3-14-33(28,29)32-17-8-11-26(12-9-17)25-21-19-10-13-27(22(19)24-15-20(21)23)34(30,31)18-6-4-16(2)5-7-18/h4-7,10,13,15,17H,3,8-9,11-12,14,23H2,1-2H3,(H,24,25). The van der Waals surface area contributed by atoms with E-state index in [1.807, 2.05) is 11.9 Å². The molecule has 0 spiro atoms. The third kappa shape index (κ3) is 5.04. The zero-order valence-electron chi connectivity index (χ0n) is 19.1. The lowest BCUT2D eigenvalue weighted by Gasteiger charge is -2.32. The van der Waals surface area contributed by atoms with E-state index in [9.17, 15) is 16.8 Å². The Kier molecular flexibility index (Phi) is 6.85. The Labute approximate surface area is 199 Å². The highest BCUT2D eigenvalue weighted by atomic mass is 32.2. The Morgan fingerprint density at radius 1 is 1.12 bits per heavy atom. The average molecular weight is 508 g/mol. The molecule has 0 bridgehead atoms. The van der Waals surface area contributed by atoms with Crippen molar-refractivity contribution in [2.45, 2.75) is 44.1 Å². The van der Waals surface area contributed by atoms with E-state index in [1.54, 1.807) is 37.3 Å². The zero-order chi connectivity index (χ0) is 24.5. The van der Waals surface area contributed by atoms with Crippen molar-refractivity contribution in [2.75, 3.05) is 30.0 Å². The summed E-state index contributed by atoms with van der Waals surface area (Å²) in [6.45, 7) is 4.77. The summed E-state index contributed by atoms with van der Waals surface area (Å²) in [5, 5.41) is 2.49. The van der Waals surface area contributed by atoms with Gasteiger partial charge in [-0.2, -0.15) is 8.42 Å². The molecule has 1 aliphatic rings. The summed E-state index contributed by atoms with van der Waals surface area (Å²) in [6.07, 6.45) is 4.12. The molecule has 0 unspecified atom stereocenters. The second-order valence-corrected chi connectivity index (χ2v) is 11.9. The van der Waals surface area contributed by atoms with E-state index >= 15 is 0 Å². The van der Waals surface area contributed by atoms with Gasteiger partial charge >= 0.3 is 0 Å². The number of nitrogens with two attached hydrogens (primary N) is 1. The fourth-order valence-electron chi connectivity index (χ4n) is 3.95. The van der Waals surface area contributed by atoms with Gasteiger partial charge in [0.25, 0.3) is 20.1 Å². The second kappa shape index (κ2) is 9.53. The van der Waals surface area contributed by atoms with Gasteiger partial charge in [-0.25, -0.2) is 22.4 Å². The minimum atomic E-state index is -3.83. The molecule has 0 radical (unpaired) electrons. The first kappa shape index (κ1) is 24.5. The number of hydrogen-bond donors (Lipinski definition) is 2. The van der Waals surface area contributed by atoms with Crippen LogP contribution < -0.4 is 11.2 Å². The summed E-state index contributed by atoms with van der Waals surface area (Å²) >= 11 is 0. The highest BCUT2D eigenvalue weighted by Gasteiger charge is 2.26. The van der Waals surface area contributed by atoms with Gasteiger partial charge in [0.15, 0.2) is 5.65 Å². The minimum absolute atomic E-state index is 0.0134. The van der Waals surface area contributed by atoms with Gasteiger partial charge in [-0.1, -0.05) is 24.6 Å². The lowest BCUT2D eigenvalue weighted by molar-refractivity contribution is 0.119. The van der Waals surface area contributed by atoms with Crippen molar-refractivity contribution in [1.29, 1.82) is 0 Å². The Morgan fingerprint density at radius 3 is 2.44 bits per heavy atom. The molecule has 1 aromatic carbocycles. The number of rotatable bonds is 8. The molecule has 1 fully saturated rings. The van der Waals surface area contributed by atoms with Gasteiger partial charge in [0.2, 0.25) is 0 Å². The predicted octanol–water partition coefficient (Wildman–Crippen LogP) is 2.71. The van der Waals surface area contributed by atoms with Gasteiger partial charge < -0.3 is 11.2 Å². The van der Waals surface area contributed by atoms with Crippen LogP contribution in [-0.4, -0.2) is 55.7 Å². The highest BCUT2D eigenvalue weighted by Crippen LogP contribution is 2.31. The average Bonchev–Trinajstić information content (AvgIpc) is 3.22. The van der Waals surface area contributed by atoms with Crippen LogP contribution in [0, 0.1) is 6.92 Å². The smallest absolute Gasteiger partial charge is 0.269 e. The van der Waals surface area contributed by atoms with Crippen LogP contribution in [0.3, 0.4) is 0 Å². The van der Waals surface area contributed by atoms with Crippen molar-refractivity contribution in [2.24, 2.45) is 0 Å². The van der Waals surface area contributed by atoms with Crippen molar-refractivity contribution < 1.29 is 21.0 Å². The lowest BCUT2D eigenvalue weighted by atomic mass is 10.1. The number of piperidine rings is 1. The van der Waals surface area contributed by atoms with Gasteiger partial charge in [-0.15, -0.1) is 0 Å². The number of nitrogens with one attached hydrogen (secondary N) is 1. The molecule has 0 atom stereocenters. The number of anilines is 2. The van der Waals surface area contributed by atoms with Crippen molar-refractivity contribution >= 4 is 42.5 Å². The molecule has 4 rings (SSSR count). The largest absolute Gasteiger partial charge is 0.396 e. The summed E-state index contributed by atoms with van der Waals surface area (Å²) < 4.78 is 56.7. The van der Waals surface area contributed by atoms with Crippen LogP contribution in [0.25, 0.3) is 11.0 Å². The van der Waals surface area contributed by atoms with Gasteiger partial charge in [0.1, 0.15) is 0 Å². The van der Waals surface area contributed by atoms with Gasteiger partial charge in [0.05, 0.1) is 34.3 Å². The predicted molar refractivity (Wildman–Crippen MR) is 131 cm³/mol. The van der Waals surface area contributed by atoms with Crippen molar-refractivity contribution in [3.05, 3.63) is 48.3 Å². The van der Waals surface area contributed by atoms with Gasteiger partial charge in [-0.05, 0) is 44.4 Å². The third-order valence-electron chi connectivity index (χ3n) is 5.74. The first-order valence-corrected chi connectivity index (χ1v) is 14.1. The Hall–Kier alpha value is -2.67. The summed E-state index contributed by atoms with van der Waals surface area (Å²) in [5.41, 5.74) is 11.6. The number of aromatic nitrogens is 2. The first-order valence-electron chi connectivity index (χ1n) is 11.1. The van der Waals surface area contributed by atoms with Gasteiger partial charge in [0, 0.05) is 24.7 Å².